The molecule has 0 heterocycles. The Labute approximate surface area is 200 Å². The van der Waals surface area contributed by atoms with Crippen LogP contribution in [0.3, 0.4) is 0 Å². The molecular weight excluding hydrogens is 423 g/mol. The second kappa shape index (κ2) is 13.6. The Morgan fingerprint density at radius 3 is 1.97 bits per heavy atom. The van der Waals surface area contributed by atoms with Gasteiger partial charge in [-0.15, -0.1) is 8.58 Å². The van der Waals surface area contributed by atoms with Crippen LogP contribution >= 0.6 is 8.58 Å². The topological polar surface area (TPSA) is 54.0 Å². The van der Waals surface area contributed by atoms with E-state index >= 15 is 0 Å². The molecule has 0 N–H and O–H groups in total. The quantitative estimate of drug-likeness (QED) is 0.140. The third kappa shape index (κ3) is 11.3. The predicted molar refractivity (Wildman–Crippen MR) is 137 cm³/mol. The molecule has 5 nitrogen and oxygen atoms in total. The Kier molecular flexibility index (Phi) is 13.5. The predicted octanol–water partition coefficient (Wildman–Crippen LogP) is 6.32. The van der Waals surface area contributed by atoms with Gasteiger partial charge in [0.15, 0.2) is 0 Å². The lowest BCUT2D eigenvalue weighted by atomic mass is 9.68. The van der Waals surface area contributed by atoms with Gasteiger partial charge in [-0.1, -0.05) is 41.5 Å². The maximum Gasteiger partial charge on any atom is 0.309 e. The normalized spacial score (nSPS) is 15.0. The molecule has 6 heteroatoms. The van der Waals surface area contributed by atoms with E-state index in [0.29, 0.717) is 53.0 Å². The van der Waals surface area contributed by atoms with Gasteiger partial charge in [-0.3, -0.25) is 4.79 Å². The van der Waals surface area contributed by atoms with Crippen LogP contribution in [0.4, 0.5) is 0 Å². The molecule has 0 rings (SSSR count). The molecule has 0 fully saturated rings. The molecule has 0 radical (unpaired) electrons. The highest BCUT2D eigenvalue weighted by atomic mass is 31.1. The minimum Gasteiger partial charge on any atom is -0.463 e. The molecule has 2 atom stereocenters. The van der Waals surface area contributed by atoms with Crippen molar-refractivity contribution < 1.29 is 23.7 Å². The summed E-state index contributed by atoms with van der Waals surface area (Å²) in [6.07, 6.45) is 2.30. The van der Waals surface area contributed by atoms with Gasteiger partial charge < -0.3 is 18.9 Å². The zero-order chi connectivity index (χ0) is 25.2. The van der Waals surface area contributed by atoms with Gasteiger partial charge in [-0.05, 0) is 71.4 Å². The number of carbonyl (C=O) groups is 1. The van der Waals surface area contributed by atoms with Crippen molar-refractivity contribution in [3.8, 4) is 0 Å². The SMILES string of the molecule is CCPCC(=O)OCCOC(C)(C)CCOC(C)(C)C(C)(C)C(C)COC(C)(C)C(C)C. The Hall–Kier alpha value is -0.220. The molecule has 0 saturated heterocycles. The highest BCUT2D eigenvalue weighted by molar-refractivity contribution is 7.39. The fourth-order valence-electron chi connectivity index (χ4n) is 2.87. The lowest BCUT2D eigenvalue weighted by Crippen LogP contribution is -2.48. The molecule has 0 aromatic carbocycles. The first-order valence-electron chi connectivity index (χ1n) is 12.3. The van der Waals surface area contributed by atoms with E-state index in [1.54, 1.807) is 0 Å². The lowest BCUT2D eigenvalue weighted by molar-refractivity contribution is -0.156. The van der Waals surface area contributed by atoms with E-state index in [2.05, 4.69) is 83.1 Å². The van der Waals surface area contributed by atoms with Crippen molar-refractivity contribution in [2.24, 2.45) is 17.3 Å². The standard InChI is InChI=1S/C26H53O5P/c1-13-32-19-22(27)28-16-17-29-23(5,6)14-15-30-26(11,12)24(7,8)21(4)18-31-25(9,10)20(2)3/h20-21,32H,13-19H2,1-12H3. The van der Waals surface area contributed by atoms with Crippen LogP contribution in [0.25, 0.3) is 0 Å². The maximum absolute atomic E-state index is 11.6. The summed E-state index contributed by atoms with van der Waals surface area (Å²) in [5, 5.41) is 0. The number of carbonyl (C=O) groups excluding carboxylic acids is 1. The highest BCUT2D eigenvalue weighted by Crippen LogP contribution is 2.41. The largest absolute Gasteiger partial charge is 0.463 e. The molecule has 0 aliphatic carbocycles. The first-order chi connectivity index (χ1) is 14.5. The lowest BCUT2D eigenvalue weighted by Gasteiger charge is -2.46. The summed E-state index contributed by atoms with van der Waals surface area (Å²) in [4.78, 5) is 11.6. The van der Waals surface area contributed by atoms with Crippen molar-refractivity contribution in [1.29, 1.82) is 0 Å². The summed E-state index contributed by atoms with van der Waals surface area (Å²) in [7, 11) is 0.639. The highest BCUT2D eigenvalue weighted by Gasteiger charge is 2.43. The summed E-state index contributed by atoms with van der Waals surface area (Å²) < 4.78 is 23.9. The van der Waals surface area contributed by atoms with Crippen LogP contribution in [-0.4, -0.2) is 61.5 Å². The number of ether oxygens (including phenoxy) is 4. The molecule has 0 spiro atoms. The van der Waals surface area contributed by atoms with Crippen molar-refractivity contribution in [1.82, 2.24) is 0 Å². The van der Waals surface area contributed by atoms with Gasteiger partial charge in [0.2, 0.25) is 0 Å². The van der Waals surface area contributed by atoms with Crippen LogP contribution in [0.2, 0.25) is 0 Å². The van der Waals surface area contributed by atoms with Crippen molar-refractivity contribution in [2.45, 2.75) is 106 Å². The molecule has 0 aromatic rings. The smallest absolute Gasteiger partial charge is 0.309 e. The zero-order valence-electron chi connectivity index (χ0n) is 23.1. The zero-order valence-corrected chi connectivity index (χ0v) is 24.1. The summed E-state index contributed by atoms with van der Waals surface area (Å²) in [5.74, 6) is 0.668. The Bertz CT molecular complexity index is 540. The number of rotatable bonds is 17. The van der Waals surface area contributed by atoms with Crippen LogP contribution in [0.5, 0.6) is 0 Å². The molecule has 0 aliphatic rings. The second-order valence-corrected chi connectivity index (χ2v) is 13.0. The molecule has 0 bridgehead atoms. The number of hydrogen-bond acceptors (Lipinski definition) is 5. The number of esters is 1. The molecular formula is C26H53O5P. The minimum absolute atomic E-state index is 0.0710. The van der Waals surface area contributed by atoms with Crippen molar-refractivity contribution in [3.05, 3.63) is 0 Å². The second-order valence-electron chi connectivity index (χ2n) is 11.4. The monoisotopic (exact) mass is 476 g/mol. The van der Waals surface area contributed by atoms with Gasteiger partial charge in [-0.25, -0.2) is 0 Å². The molecule has 0 saturated carbocycles. The average molecular weight is 477 g/mol. The molecule has 192 valence electrons. The molecule has 0 aliphatic heterocycles. The fourth-order valence-corrected chi connectivity index (χ4v) is 3.43. The third-order valence-corrected chi connectivity index (χ3v) is 8.44. The van der Waals surface area contributed by atoms with Crippen LogP contribution < -0.4 is 0 Å². The van der Waals surface area contributed by atoms with Gasteiger partial charge in [0, 0.05) is 0 Å². The first kappa shape index (κ1) is 31.8. The van der Waals surface area contributed by atoms with Gasteiger partial charge in [-0.2, -0.15) is 0 Å². The fraction of sp³-hybridized carbons (Fsp3) is 0.962. The van der Waals surface area contributed by atoms with Crippen molar-refractivity contribution in [2.75, 3.05) is 38.8 Å². The van der Waals surface area contributed by atoms with Crippen LogP contribution in [0.15, 0.2) is 0 Å². The van der Waals surface area contributed by atoms with Gasteiger partial charge >= 0.3 is 5.97 Å². The third-order valence-electron chi connectivity index (χ3n) is 7.41. The summed E-state index contributed by atoms with van der Waals surface area (Å²) in [6, 6.07) is 0. The van der Waals surface area contributed by atoms with E-state index in [-0.39, 0.29) is 28.2 Å². The maximum atomic E-state index is 11.6. The van der Waals surface area contributed by atoms with E-state index in [0.717, 1.165) is 12.6 Å². The molecule has 0 aromatic heterocycles. The van der Waals surface area contributed by atoms with Crippen LogP contribution in [-0.2, 0) is 23.7 Å². The summed E-state index contributed by atoms with van der Waals surface area (Å²) in [5.41, 5.74) is -0.864. The van der Waals surface area contributed by atoms with Gasteiger partial charge in [0.25, 0.3) is 0 Å². The van der Waals surface area contributed by atoms with Crippen LogP contribution in [0.1, 0.15) is 89.5 Å². The Balaban J connectivity index is 4.53. The van der Waals surface area contributed by atoms with E-state index in [1.165, 1.54) is 0 Å². The van der Waals surface area contributed by atoms with Gasteiger partial charge in [0.1, 0.15) is 6.61 Å². The van der Waals surface area contributed by atoms with E-state index in [4.69, 9.17) is 18.9 Å². The molecule has 2 unspecified atom stereocenters. The van der Waals surface area contributed by atoms with Crippen molar-refractivity contribution >= 4 is 14.6 Å². The van der Waals surface area contributed by atoms with Crippen LogP contribution in [0, 0.1) is 17.3 Å². The molecule has 0 amide bonds. The first-order valence-corrected chi connectivity index (χ1v) is 13.7. The Morgan fingerprint density at radius 2 is 1.44 bits per heavy atom. The van der Waals surface area contributed by atoms with E-state index in [9.17, 15) is 4.79 Å². The summed E-state index contributed by atoms with van der Waals surface area (Å²) >= 11 is 0. The minimum atomic E-state index is -0.339. The molecule has 32 heavy (non-hydrogen) atoms. The van der Waals surface area contributed by atoms with Crippen molar-refractivity contribution in [3.63, 3.8) is 0 Å². The summed E-state index contributed by atoms with van der Waals surface area (Å²) in [6.45, 7) is 28.0. The van der Waals surface area contributed by atoms with Gasteiger partial charge in [0.05, 0.1) is 42.8 Å². The van der Waals surface area contributed by atoms with E-state index < -0.39 is 0 Å². The number of hydrogen-bond donors (Lipinski definition) is 0. The van der Waals surface area contributed by atoms with E-state index in [1.807, 2.05) is 0 Å². The average Bonchev–Trinajstić information content (AvgIpc) is 2.67. The Morgan fingerprint density at radius 1 is 0.844 bits per heavy atom.